The number of nitrogens with two attached hydrogens (primary N) is 1. The van der Waals surface area contributed by atoms with E-state index in [0.29, 0.717) is 32.8 Å². The first-order valence-electron chi connectivity index (χ1n) is 5.24. The second-order valence-electron chi connectivity index (χ2n) is 3.86. The van der Waals surface area contributed by atoms with E-state index in [-0.39, 0.29) is 0 Å². The summed E-state index contributed by atoms with van der Waals surface area (Å²) in [6, 6.07) is 9.14. The van der Waals surface area contributed by atoms with Crippen molar-refractivity contribution in [2.45, 2.75) is 0 Å². The van der Waals surface area contributed by atoms with E-state index in [1.165, 1.54) is 6.20 Å². The molecule has 0 aliphatic rings. The van der Waals surface area contributed by atoms with Crippen LogP contribution in [0.4, 0.5) is 5.82 Å². The molecule has 0 spiro atoms. The van der Waals surface area contributed by atoms with Crippen molar-refractivity contribution in [2.24, 2.45) is 0 Å². The zero-order valence-electron chi connectivity index (χ0n) is 9.15. The maximum absolute atomic E-state index is 6.06. The van der Waals surface area contributed by atoms with Crippen LogP contribution in [0.5, 0.6) is 0 Å². The lowest BCUT2D eigenvalue weighted by molar-refractivity contribution is 0.631. The van der Waals surface area contributed by atoms with Crippen molar-refractivity contribution >= 4 is 40.0 Å². The molecule has 0 saturated carbocycles. The lowest BCUT2D eigenvalue weighted by Gasteiger charge is -2.01. The van der Waals surface area contributed by atoms with Crippen LogP contribution in [0.3, 0.4) is 0 Å². The molecule has 0 bridgehead atoms. The van der Waals surface area contributed by atoms with Gasteiger partial charge in [0.25, 0.3) is 0 Å². The largest absolute Gasteiger partial charge is 0.454 e. The van der Waals surface area contributed by atoms with Gasteiger partial charge in [0.1, 0.15) is 11.6 Å². The molecule has 2 heterocycles. The summed E-state index contributed by atoms with van der Waals surface area (Å²) in [7, 11) is 0. The maximum Gasteiger partial charge on any atom is 0.153 e. The van der Waals surface area contributed by atoms with Crippen LogP contribution >= 0.6 is 23.2 Å². The Morgan fingerprint density at radius 2 is 2.00 bits per heavy atom. The molecule has 1 aromatic carbocycles. The van der Waals surface area contributed by atoms with E-state index in [1.54, 1.807) is 12.1 Å². The number of nitrogen functional groups attached to an aromatic ring is 1. The van der Waals surface area contributed by atoms with Crippen LogP contribution in [0, 0.1) is 0 Å². The summed E-state index contributed by atoms with van der Waals surface area (Å²) < 4.78 is 5.71. The van der Waals surface area contributed by atoms with Gasteiger partial charge in [-0.25, -0.2) is 4.98 Å². The van der Waals surface area contributed by atoms with Gasteiger partial charge < -0.3 is 10.2 Å². The van der Waals surface area contributed by atoms with E-state index in [0.717, 1.165) is 5.39 Å². The number of hydrogen-bond acceptors (Lipinski definition) is 3. The zero-order valence-corrected chi connectivity index (χ0v) is 10.7. The number of anilines is 1. The summed E-state index contributed by atoms with van der Waals surface area (Å²) in [5.41, 5.74) is 7.11. The Labute approximate surface area is 113 Å². The van der Waals surface area contributed by atoms with Gasteiger partial charge in [0.15, 0.2) is 5.58 Å². The van der Waals surface area contributed by atoms with Gasteiger partial charge in [-0.15, -0.1) is 0 Å². The number of furan rings is 1. The highest BCUT2D eigenvalue weighted by Gasteiger charge is 2.12. The van der Waals surface area contributed by atoms with E-state index < -0.39 is 0 Å². The van der Waals surface area contributed by atoms with Crippen LogP contribution in [-0.4, -0.2) is 4.98 Å². The molecule has 0 unspecified atom stereocenters. The van der Waals surface area contributed by atoms with Crippen molar-refractivity contribution in [1.29, 1.82) is 0 Å². The third kappa shape index (κ3) is 1.82. The summed E-state index contributed by atoms with van der Waals surface area (Å²) >= 11 is 12.0. The number of aromatic nitrogens is 1. The second kappa shape index (κ2) is 4.19. The molecule has 90 valence electrons. The summed E-state index contributed by atoms with van der Waals surface area (Å²) in [4.78, 5) is 4.00. The van der Waals surface area contributed by atoms with Gasteiger partial charge in [-0.3, -0.25) is 0 Å². The smallest absolute Gasteiger partial charge is 0.153 e. The fourth-order valence-electron chi connectivity index (χ4n) is 1.81. The highest BCUT2D eigenvalue weighted by molar-refractivity contribution is 6.35. The van der Waals surface area contributed by atoms with Crippen LogP contribution in [-0.2, 0) is 0 Å². The Bertz CT molecular complexity index is 737. The number of fused-ring (bicyclic) bond motifs is 1. The van der Waals surface area contributed by atoms with E-state index in [1.807, 2.05) is 18.2 Å². The number of nitrogens with zero attached hydrogens (tertiary/aromatic N) is 1. The average Bonchev–Trinajstić information content (AvgIpc) is 2.77. The number of halogens is 2. The van der Waals surface area contributed by atoms with Crippen LogP contribution in [0.1, 0.15) is 0 Å². The van der Waals surface area contributed by atoms with Gasteiger partial charge in [0, 0.05) is 11.6 Å². The predicted octanol–water partition coefficient (Wildman–Crippen LogP) is 4.38. The normalized spacial score (nSPS) is 11.0. The average molecular weight is 279 g/mol. The quantitative estimate of drug-likeness (QED) is 0.719. The Morgan fingerprint density at radius 3 is 2.78 bits per heavy atom. The summed E-state index contributed by atoms with van der Waals surface area (Å²) in [5, 5.41) is 1.98. The third-order valence-corrected chi connectivity index (χ3v) is 3.15. The Kier molecular flexibility index (Phi) is 2.65. The Hall–Kier alpha value is -1.71. The monoisotopic (exact) mass is 278 g/mol. The van der Waals surface area contributed by atoms with Crippen molar-refractivity contribution in [1.82, 2.24) is 4.98 Å². The molecule has 0 amide bonds. The lowest BCUT2D eigenvalue weighted by Crippen LogP contribution is -1.92. The molecule has 3 nitrogen and oxygen atoms in total. The third-order valence-electron chi connectivity index (χ3n) is 2.65. The number of hydrogen-bond donors (Lipinski definition) is 1. The highest BCUT2D eigenvalue weighted by atomic mass is 35.5. The van der Waals surface area contributed by atoms with Crippen molar-refractivity contribution in [3.63, 3.8) is 0 Å². The van der Waals surface area contributed by atoms with E-state index >= 15 is 0 Å². The van der Waals surface area contributed by atoms with E-state index in [4.69, 9.17) is 33.4 Å². The Morgan fingerprint density at radius 1 is 1.17 bits per heavy atom. The molecule has 0 fully saturated rings. The number of rotatable bonds is 1. The second-order valence-corrected chi connectivity index (χ2v) is 4.70. The van der Waals surface area contributed by atoms with Crippen LogP contribution in [0.25, 0.3) is 22.3 Å². The van der Waals surface area contributed by atoms with Crippen LogP contribution in [0.2, 0.25) is 10.0 Å². The van der Waals surface area contributed by atoms with E-state index in [9.17, 15) is 0 Å². The maximum atomic E-state index is 6.06. The lowest BCUT2D eigenvalue weighted by atomic mass is 10.2. The first-order valence-corrected chi connectivity index (χ1v) is 6.00. The highest BCUT2D eigenvalue weighted by Crippen LogP contribution is 2.34. The minimum absolute atomic E-state index is 0.370. The number of benzene rings is 1. The van der Waals surface area contributed by atoms with Gasteiger partial charge in [-0.05, 0) is 18.2 Å². The fourth-order valence-corrected chi connectivity index (χ4v) is 2.19. The van der Waals surface area contributed by atoms with Crippen molar-refractivity contribution in [2.75, 3.05) is 5.73 Å². The van der Waals surface area contributed by atoms with Gasteiger partial charge in [0.05, 0.1) is 15.6 Å². The molecule has 0 aliphatic carbocycles. The zero-order chi connectivity index (χ0) is 12.7. The van der Waals surface area contributed by atoms with Crippen LogP contribution in [0.15, 0.2) is 40.9 Å². The summed E-state index contributed by atoms with van der Waals surface area (Å²) in [5.74, 6) is 0.972. The van der Waals surface area contributed by atoms with Gasteiger partial charge >= 0.3 is 0 Å². The molecule has 18 heavy (non-hydrogen) atoms. The molecular formula is C13H8Cl2N2O. The number of para-hydroxylation sites is 1. The van der Waals surface area contributed by atoms with E-state index in [2.05, 4.69) is 4.98 Å². The van der Waals surface area contributed by atoms with Gasteiger partial charge in [-0.2, -0.15) is 0 Å². The standard InChI is InChI=1S/C13H8Cl2N2O/c14-8-5-9(13(16)17-6-8)11-4-7-2-1-3-10(15)12(7)18-11/h1-6H,(H2,16,17). The summed E-state index contributed by atoms with van der Waals surface area (Å²) in [6.45, 7) is 0. The predicted molar refractivity (Wildman–Crippen MR) is 73.9 cm³/mol. The Balaban J connectivity index is 2.26. The molecule has 0 atom stereocenters. The molecule has 0 radical (unpaired) electrons. The first-order chi connectivity index (χ1) is 8.65. The minimum atomic E-state index is 0.370. The molecule has 0 saturated heterocycles. The fraction of sp³-hybridized carbons (Fsp3) is 0. The van der Waals surface area contributed by atoms with Crippen molar-refractivity contribution in [3.8, 4) is 11.3 Å². The van der Waals surface area contributed by atoms with Gasteiger partial charge in [0.2, 0.25) is 0 Å². The van der Waals surface area contributed by atoms with Crippen molar-refractivity contribution < 1.29 is 4.42 Å². The molecule has 0 aliphatic heterocycles. The molecule has 2 aromatic heterocycles. The minimum Gasteiger partial charge on any atom is -0.454 e. The molecule has 3 rings (SSSR count). The first kappa shape index (κ1) is 11.4. The summed E-state index contributed by atoms with van der Waals surface area (Å²) in [6.07, 6.45) is 1.50. The molecule has 5 heteroatoms. The van der Waals surface area contributed by atoms with Crippen LogP contribution < -0.4 is 5.73 Å². The molecule has 2 N–H and O–H groups in total. The SMILES string of the molecule is Nc1ncc(Cl)cc1-c1cc2cccc(Cl)c2o1. The topological polar surface area (TPSA) is 52.0 Å². The van der Waals surface area contributed by atoms with Gasteiger partial charge in [-0.1, -0.05) is 35.3 Å². The molecular weight excluding hydrogens is 271 g/mol. The molecule has 3 aromatic rings. The number of pyridine rings is 1. The van der Waals surface area contributed by atoms with Crippen molar-refractivity contribution in [3.05, 3.63) is 46.6 Å².